The number of amides is 1. The summed E-state index contributed by atoms with van der Waals surface area (Å²) >= 11 is 1.38. The summed E-state index contributed by atoms with van der Waals surface area (Å²) in [7, 11) is 0. The van der Waals surface area contributed by atoms with Crippen molar-refractivity contribution >= 4 is 23.3 Å². The van der Waals surface area contributed by atoms with Crippen LogP contribution in [0.2, 0.25) is 0 Å². The molecule has 0 spiro atoms. The number of hydrogen-bond donors (Lipinski definition) is 1. The number of benzene rings is 2. The molecule has 0 aliphatic rings. The van der Waals surface area contributed by atoms with Gasteiger partial charge in [0.2, 0.25) is 5.91 Å². The molecule has 0 radical (unpaired) electrons. The Bertz CT molecular complexity index is 1380. The number of rotatable bonds is 6. The molecule has 0 unspecified atom stereocenters. The van der Waals surface area contributed by atoms with Crippen molar-refractivity contribution in [3.8, 4) is 0 Å². The number of aryl methyl sites for hydroxylation is 2. The first-order valence-electron chi connectivity index (χ1n) is 9.72. The molecule has 4 rings (SSSR count). The fraction of sp³-hybridized carbons (Fsp3) is 0.182. The van der Waals surface area contributed by atoms with Gasteiger partial charge in [-0.15, -0.1) is 5.10 Å². The van der Waals surface area contributed by atoms with Gasteiger partial charge in [0.25, 0.3) is 0 Å². The van der Waals surface area contributed by atoms with Crippen molar-refractivity contribution in [1.82, 2.24) is 24.5 Å². The van der Waals surface area contributed by atoms with Crippen LogP contribution >= 0.6 is 11.8 Å². The van der Waals surface area contributed by atoms with E-state index in [2.05, 4.69) is 21.5 Å². The second-order valence-corrected chi connectivity index (χ2v) is 8.28. The van der Waals surface area contributed by atoms with Gasteiger partial charge in [-0.1, -0.05) is 35.5 Å². The average Bonchev–Trinajstić information content (AvgIpc) is 3.06. The predicted octanol–water partition coefficient (Wildman–Crippen LogP) is 3.25. The van der Waals surface area contributed by atoms with Crippen LogP contribution in [0.15, 0.2) is 63.5 Å². The van der Waals surface area contributed by atoms with Crippen LogP contribution in [0.1, 0.15) is 16.7 Å². The van der Waals surface area contributed by atoms with E-state index < -0.39 is 23.2 Å². The molecule has 0 bridgehead atoms. The highest BCUT2D eigenvalue weighted by molar-refractivity contribution is 7.99. The normalized spacial score (nSPS) is 11.1. The van der Waals surface area contributed by atoms with Gasteiger partial charge in [0.15, 0.2) is 5.65 Å². The molecule has 1 N–H and O–H groups in total. The van der Waals surface area contributed by atoms with Crippen LogP contribution < -0.4 is 11.0 Å². The lowest BCUT2D eigenvalue weighted by Crippen LogP contribution is -2.32. The minimum Gasteiger partial charge on any atom is -0.350 e. The summed E-state index contributed by atoms with van der Waals surface area (Å²) in [6.07, 6.45) is 2.99. The Morgan fingerprint density at radius 3 is 2.72 bits per heavy atom. The Morgan fingerprint density at radius 2 is 1.97 bits per heavy atom. The second-order valence-electron chi connectivity index (χ2n) is 7.25. The lowest BCUT2D eigenvalue weighted by Gasteiger charge is -2.06. The fourth-order valence-corrected chi connectivity index (χ4v) is 4.08. The molecule has 2 heterocycles. The van der Waals surface area contributed by atoms with E-state index in [4.69, 9.17) is 0 Å². The molecule has 0 aliphatic carbocycles. The van der Waals surface area contributed by atoms with Gasteiger partial charge in [0, 0.05) is 35.5 Å². The molecule has 0 atom stereocenters. The summed E-state index contributed by atoms with van der Waals surface area (Å²) in [5.41, 5.74) is 2.20. The summed E-state index contributed by atoms with van der Waals surface area (Å²) in [6, 6.07) is 9.15. The summed E-state index contributed by atoms with van der Waals surface area (Å²) in [6.45, 7) is 3.52. The zero-order valence-corrected chi connectivity index (χ0v) is 18.1. The molecule has 0 fully saturated rings. The third kappa shape index (κ3) is 4.54. The van der Waals surface area contributed by atoms with Crippen molar-refractivity contribution < 1.29 is 13.6 Å². The van der Waals surface area contributed by atoms with Crippen molar-refractivity contribution in [2.75, 3.05) is 0 Å². The number of nitrogens with zero attached hydrogens (tertiary/aromatic N) is 4. The van der Waals surface area contributed by atoms with Crippen LogP contribution in [0, 0.1) is 25.5 Å². The average molecular weight is 455 g/mol. The summed E-state index contributed by atoms with van der Waals surface area (Å²) in [4.78, 5) is 30.3. The van der Waals surface area contributed by atoms with Crippen molar-refractivity contribution in [3.05, 3.63) is 87.6 Å². The maximum Gasteiger partial charge on any atom is 0.350 e. The standard InChI is InChI=1S/C22H19F2N5O2S/c1-13-3-6-18(14(2)9-13)32-21-20-27-29(22(31)28(20)8-7-25-21)12-19(30)26-11-15-4-5-16(23)10-17(15)24/h3-10H,11-12H2,1-2H3,(H,26,30). The predicted molar refractivity (Wildman–Crippen MR) is 115 cm³/mol. The molecule has 0 saturated carbocycles. The van der Waals surface area contributed by atoms with Crippen LogP contribution in [0.3, 0.4) is 0 Å². The van der Waals surface area contributed by atoms with E-state index in [-0.39, 0.29) is 18.7 Å². The van der Waals surface area contributed by atoms with Crippen molar-refractivity contribution in [2.45, 2.75) is 36.9 Å². The second kappa shape index (κ2) is 8.91. The molecular weight excluding hydrogens is 436 g/mol. The van der Waals surface area contributed by atoms with Gasteiger partial charge < -0.3 is 5.32 Å². The summed E-state index contributed by atoms with van der Waals surface area (Å²) < 4.78 is 29.1. The highest BCUT2D eigenvalue weighted by Crippen LogP contribution is 2.30. The monoisotopic (exact) mass is 455 g/mol. The number of carbonyl (C=O) groups excluding carboxylic acids is 1. The number of nitrogens with one attached hydrogen (secondary N) is 1. The third-order valence-electron chi connectivity index (χ3n) is 4.79. The lowest BCUT2D eigenvalue weighted by molar-refractivity contribution is -0.122. The van der Waals surface area contributed by atoms with E-state index >= 15 is 0 Å². The highest BCUT2D eigenvalue weighted by atomic mass is 32.2. The van der Waals surface area contributed by atoms with E-state index in [9.17, 15) is 18.4 Å². The number of aromatic nitrogens is 4. The molecule has 10 heteroatoms. The summed E-state index contributed by atoms with van der Waals surface area (Å²) in [5, 5.41) is 7.33. The van der Waals surface area contributed by atoms with Gasteiger partial charge >= 0.3 is 5.69 Å². The number of fused-ring (bicyclic) bond motifs is 1. The van der Waals surface area contributed by atoms with Crippen LogP contribution in [0.5, 0.6) is 0 Å². The van der Waals surface area contributed by atoms with Gasteiger partial charge in [-0.2, -0.15) is 0 Å². The minimum atomic E-state index is -0.755. The molecule has 1 amide bonds. The molecular formula is C22H19F2N5O2S. The molecule has 0 saturated heterocycles. The van der Waals surface area contributed by atoms with Crippen LogP contribution in [0.25, 0.3) is 5.65 Å². The Morgan fingerprint density at radius 1 is 1.16 bits per heavy atom. The molecule has 4 aromatic rings. The topological polar surface area (TPSA) is 81.3 Å². The highest BCUT2D eigenvalue weighted by Gasteiger charge is 2.16. The maximum absolute atomic E-state index is 13.7. The maximum atomic E-state index is 13.7. The minimum absolute atomic E-state index is 0.136. The number of hydrogen-bond acceptors (Lipinski definition) is 5. The molecule has 2 aromatic heterocycles. The number of halogens is 2. The lowest BCUT2D eigenvalue weighted by atomic mass is 10.2. The fourth-order valence-electron chi connectivity index (χ4n) is 3.17. The third-order valence-corrected chi connectivity index (χ3v) is 5.95. The zero-order valence-electron chi connectivity index (χ0n) is 17.3. The SMILES string of the molecule is Cc1ccc(Sc2nccn3c(=O)n(CC(=O)NCc4ccc(F)cc4F)nc23)c(C)c1. The van der Waals surface area contributed by atoms with Crippen molar-refractivity contribution in [1.29, 1.82) is 0 Å². The van der Waals surface area contributed by atoms with E-state index in [1.54, 1.807) is 0 Å². The Labute approximate surface area is 186 Å². The smallest absolute Gasteiger partial charge is 0.350 e. The number of carbonyl (C=O) groups is 1. The van der Waals surface area contributed by atoms with E-state index in [0.29, 0.717) is 10.7 Å². The Hall–Kier alpha value is -3.53. The van der Waals surface area contributed by atoms with E-state index in [0.717, 1.165) is 32.8 Å². The molecule has 7 nitrogen and oxygen atoms in total. The van der Waals surface area contributed by atoms with Gasteiger partial charge in [-0.3, -0.25) is 4.79 Å². The van der Waals surface area contributed by atoms with Gasteiger partial charge in [0.05, 0.1) is 0 Å². The molecule has 32 heavy (non-hydrogen) atoms. The zero-order chi connectivity index (χ0) is 22.8. The van der Waals surface area contributed by atoms with Crippen molar-refractivity contribution in [2.24, 2.45) is 0 Å². The van der Waals surface area contributed by atoms with Crippen LogP contribution in [-0.2, 0) is 17.9 Å². The largest absolute Gasteiger partial charge is 0.350 e. The van der Waals surface area contributed by atoms with E-state index in [1.807, 2.05) is 26.0 Å². The van der Waals surface area contributed by atoms with Crippen molar-refractivity contribution in [3.63, 3.8) is 0 Å². The molecule has 2 aromatic carbocycles. The van der Waals surface area contributed by atoms with Crippen LogP contribution in [-0.4, -0.2) is 25.1 Å². The first-order valence-corrected chi connectivity index (χ1v) is 10.5. The Kier molecular flexibility index (Phi) is 6.04. The molecule has 0 aliphatic heterocycles. The van der Waals surface area contributed by atoms with E-state index in [1.165, 1.54) is 34.6 Å². The summed E-state index contributed by atoms with van der Waals surface area (Å²) in [5.74, 6) is -1.98. The quantitative estimate of drug-likeness (QED) is 0.483. The van der Waals surface area contributed by atoms with Gasteiger partial charge in [0.1, 0.15) is 23.2 Å². The van der Waals surface area contributed by atoms with Crippen LogP contribution in [0.4, 0.5) is 8.78 Å². The van der Waals surface area contributed by atoms with Gasteiger partial charge in [-0.25, -0.2) is 27.6 Å². The first kappa shape index (κ1) is 21.7. The molecule has 164 valence electrons. The Balaban J connectivity index is 1.53. The van der Waals surface area contributed by atoms with Gasteiger partial charge in [-0.05, 0) is 31.5 Å². The first-order chi connectivity index (χ1) is 15.3.